The lowest BCUT2D eigenvalue weighted by Gasteiger charge is -2.11. The molecule has 1 heterocycles. The van der Waals surface area contributed by atoms with Crippen LogP contribution in [-0.4, -0.2) is 18.4 Å². The second-order valence-electron chi connectivity index (χ2n) is 6.05. The molecule has 1 aliphatic carbocycles. The van der Waals surface area contributed by atoms with Gasteiger partial charge in [0.1, 0.15) is 10.8 Å². The Labute approximate surface area is 155 Å². The van der Waals surface area contributed by atoms with Crippen LogP contribution in [-0.2, 0) is 17.6 Å². The van der Waals surface area contributed by atoms with E-state index in [9.17, 15) is 9.59 Å². The monoisotopic (exact) mass is 378 g/mol. The second-order valence-corrected chi connectivity index (χ2v) is 7.56. The van der Waals surface area contributed by atoms with Crippen molar-refractivity contribution in [2.75, 3.05) is 11.9 Å². The van der Waals surface area contributed by atoms with Crippen molar-refractivity contribution in [3.63, 3.8) is 0 Å². The number of nitrogens with two attached hydrogens (primary N) is 1. The molecule has 0 spiro atoms. The van der Waals surface area contributed by atoms with Crippen molar-refractivity contribution in [3.8, 4) is 5.75 Å². The molecule has 3 rings (SSSR count). The molecule has 2 aromatic rings. The number of amides is 2. The van der Waals surface area contributed by atoms with Gasteiger partial charge in [0.25, 0.3) is 11.8 Å². The van der Waals surface area contributed by atoms with Gasteiger partial charge in [-0.05, 0) is 55.9 Å². The molecular weight excluding hydrogens is 360 g/mol. The number of carbonyl (C=O) groups excluding carboxylic acids is 2. The Balaban J connectivity index is 1.72. The summed E-state index contributed by atoms with van der Waals surface area (Å²) in [6.45, 7) is 1.72. The van der Waals surface area contributed by atoms with E-state index in [1.54, 1.807) is 12.1 Å². The van der Waals surface area contributed by atoms with Crippen molar-refractivity contribution in [2.24, 2.45) is 5.73 Å². The number of fused-ring (bicyclic) bond motifs is 1. The minimum absolute atomic E-state index is 0.191. The average Bonchev–Trinajstić information content (AvgIpc) is 2.93. The zero-order chi connectivity index (χ0) is 18.0. The molecule has 0 unspecified atom stereocenters. The van der Waals surface area contributed by atoms with Crippen LogP contribution in [0.1, 0.15) is 39.2 Å². The van der Waals surface area contributed by atoms with Gasteiger partial charge in [-0.2, -0.15) is 0 Å². The van der Waals surface area contributed by atoms with Crippen LogP contribution in [0.25, 0.3) is 0 Å². The first-order valence-corrected chi connectivity index (χ1v) is 9.28. The van der Waals surface area contributed by atoms with Gasteiger partial charge in [-0.25, -0.2) is 0 Å². The van der Waals surface area contributed by atoms with Crippen molar-refractivity contribution in [1.29, 1.82) is 0 Å². The molecule has 5 nitrogen and oxygen atoms in total. The summed E-state index contributed by atoms with van der Waals surface area (Å²) in [5.74, 6) is -0.395. The van der Waals surface area contributed by atoms with Crippen molar-refractivity contribution in [3.05, 3.63) is 44.8 Å². The Morgan fingerprint density at radius 1 is 1.32 bits per heavy atom. The van der Waals surface area contributed by atoms with Gasteiger partial charge in [-0.3, -0.25) is 9.59 Å². The molecule has 2 amide bonds. The Bertz CT molecular complexity index is 832. The number of benzene rings is 1. The summed E-state index contributed by atoms with van der Waals surface area (Å²) in [6, 6.07) is 5.36. The molecule has 0 fully saturated rings. The van der Waals surface area contributed by atoms with E-state index in [1.165, 1.54) is 11.3 Å². The molecule has 0 bridgehead atoms. The molecule has 0 saturated carbocycles. The Hall–Kier alpha value is -2.05. The van der Waals surface area contributed by atoms with Gasteiger partial charge in [0.15, 0.2) is 6.61 Å². The Morgan fingerprint density at radius 2 is 2.08 bits per heavy atom. The SMILES string of the molecule is Cc1ccc(Cl)c(OCC(=O)Nc2sc3c(c2C(N)=O)CCCC3)c1. The van der Waals surface area contributed by atoms with Crippen molar-refractivity contribution >= 4 is 39.8 Å². The van der Waals surface area contributed by atoms with Crippen LogP contribution >= 0.6 is 22.9 Å². The molecule has 7 heteroatoms. The molecule has 1 aromatic carbocycles. The average molecular weight is 379 g/mol. The Morgan fingerprint density at radius 3 is 2.84 bits per heavy atom. The van der Waals surface area contributed by atoms with Crippen molar-refractivity contribution in [2.45, 2.75) is 32.6 Å². The molecule has 1 aromatic heterocycles. The van der Waals surface area contributed by atoms with Gasteiger partial charge < -0.3 is 15.8 Å². The number of carbonyl (C=O) groups is 2. The van der Waals surface area contributed by atoms with Crippen LogP contribution in [0.4, 0.5) is 5.00 Å². The molecule has 0 saturated heterocycles. The fraction of sp³-hybridized carbons (Fsp3) is 0.333. The van der Waals surface area contributed by atoms with E-state index in [0.29, 0.717) is 21.3 Å². The van der Waals surface area contributed by atoms with Crippen LogP contribution in [0, 0.1) is 6.92 Å². The smallest absolute Gasteiger partial charge is 0.262 e. The molecule has 0 atom stereocenters. The molecule has 0 aliphatic heterocycles. The zero-order valence-corrected chi connectivity index (χ0v) is 15.4. The summed E-state index contributed by atoms with van der Waals surface area (Å²) in [4.78, 5) is 25.2. The standard InChI is InChI=1S/C18H19ClN2O3S/c1-10-6-7-12(19)13(8-10)24-9-15(22)21-18-16(17(20)23)11-4-2-3-5-14(11)25-18/h6-8H,2-5,9H2,1H3,(H2,20,23)(H,21,22). The van der Waals surface area contributed by atoms with Crippen LogP contribution in [0.15, 0.2) is 18.2 Å². The maximum absolute atomic E-state index is 12.2. The van der Waals surface area contributed by atoms with E-state index in [4.69, 9.17) is 22.1 Å². The normalized spacial score (nSPS) is 13.2. The summed E-state index contributed by atoms with van der Waals surface area (Å²) < 4.78 is 5.50. The van der Waals surface area contributed by atoms with Crippen LogP contribution in [0.2, 0.25) is 5.02 Å². The van der Waals surface area contributed by atoms with E-state index >= 15 is 0 Å². The quantitative estimate of drug-likeness (QED) is 0.832. The van der Waals surface area contributed by atoms with E-state index in [1.807, 2.05) is 13.0 Å². The van der Waals surface area contributed by atoms with Crippen LogP contribution < -0.4 is 15.8 Å². The van der Waals surface area contributed by atoms with Gasteiger partial charge in [0, 0.05) is 4.88 Å². The first kappa shape index (κ1) is 17.8. The van der Waals surface area contributed by atoms with E-state index in [-0.39, 0.29) is 12.5 Å². The van der Waals surface area contributed by atoms with Crippen LogP contribution in [0.5, 0.6) is 5.75 Å². The first-order valence-electron chi connectivity index (χ1n) is 8.09. The third-order valence-corrected chi connectivity index (χ3v) is 5.64. The fourth-order valence-corrected chi connectivity index (χ4v) is 4.42. The van der Waals surface area contributed by atoms with Crippen LogP contribution in [0.3, 0.4) is 0 Å². The highest BCUT2D eigenvalue weighted by molar-refractivity contribution is 7.17. The summed E-state index contributed by atoms with van der Waals surface area (Å²) in [5.41, 5.74) is 7.95. The maximum Gasteiger partial charge on any atom is 0.262 e. The summed E-state index contributed by atoms with van der Waals surface area (Å²) >= 11 is 7.49. The number of halogens is 1. The minimum Gasteiger partial charge on any atom is -0.482 e. The number of hydrogen-bond donors (Lipinski definition) is 2. The minimum atomic E-state index is -0.502. The van der Waals surface area contributed by atoms with Gasteiger partial charge in [0.2, 0.25) is 0 Å². The highest BCUT2D eigenvalue weighted by Crippen LogP contribution is 2.37. The lowest BCUT2D eigenvalue weighted by atomic mass is 9.95. The van der Waals surface area contributed by atoms with Gasteiger partial charge >= 0.3 is 0 Å². The topological polar surface area (TPSA) is 81.4 Å². The number of aryl methyl sites for hydroxylation is 2. The fourth-order valence-electron chi connectivity index (χ4n) is 2.94. The summed E-state index contributed by atoms with van der Waals surface area (Å²) in [5, 5.41) is 3.73. The first-order chi connectivity index (χ1) is 12.0. The third-order valence-electron chi connectivity index (χ3n) is 4.12. The lowest BCUT2D eigenvalue weighted by Crippen LogP contribution is -2.22. The van der Waals surface area contributed by atoms with Gasteiger partial charge in [0.05, 0.1) is 10.6 Å². The molecule has 0 radical (unpaired) electrons. The largest absolute Gasteiger partial charge is 0.482 e. The molecule has 1 aliphatic rings. The number of thiophene rings is 1. The number of hydrogen-bond acceptors (Lipinski definition) is 4. The predicted molar refractivity (Wildman–Crippen MR) is 99.8 cm³/mol. The number of ether oxygens (including phenoxy) is 1. The number of nitrogens with one attached hydrogen (secondary N) is 1. The van der Waals surface area contributed by atoms with Crippen molar-refractivity contribution < 1.29 is 14.3 Å². The molecule has 132 valence electrons. The molecule has 25 heavy (non-hydrogen) atoms. The number of rotatable bonds is 5. The molecular formula is C18H19ClN2O3S. The van der Waals surface area contributed by atoms with Crippen molar-refractivity contribution in [1.82, 2.24) is 0 Å². The summed E-state index contributed by atoms with van der Waals surface area (Å²) in [6.07, 6.45) is 3.88. The highest BCUT2D eigenvalue weighted by atomic mass is 35.5. The van der Waals surface area contributed by atoms with Gasteiger partial charge in [-0.15, -0.1) is 11.3 Å². The predicted octanol–water partition coefficient (Wildman–Crippen LogP) is 3.71. The lowest BCUT2D eigenvalue weighted by molar-refractivity contribution is -0.118. The summed E-state index contributed by atoms with van der Waals surface area (Å²) in [7, 11) is 0. The number of primary amides is 1. The Kier molecular flexibility index (Phi) is 5.30. The van der Waals surface area contributed by atoms with E-state index in [2.05, 4.69) is 5.32 Å². The van der Waals surface area contributed by atoms with E-state index in [0.717, 1.165) is 41.7 Å². The number of anilines is 1. The molecule has 3 N–H and O–H groups in total. The van der Waals surface area contributed by atoms with E-state index < -0.39 is 5.91 Å². The van der Waals surface area contributed by atoms with Gasteiger partial charge in [-0.1, -0.05) is 17.7 Å². The highest BCUT2D eigenvalue weighted by Gasteiger charge is 2.25. The second kappa shape index (κ2) is 7.45. The zero-order valence-electron chi connectivity index (χ0n) is 13.9. The third kappa shape index (κ3) is 3.96. The maximum atomic E-state index is 12.2.